The van der Waals surface area contributed by atoms with E-state index in [1.165, 1.54) is 14.3 Å². The molecule has 0 bridgehead atoms. The lowest BCUT2D eigenvalue weighted by atomic mass is 10.1. The van der Waals surface area contributed by atoms with Gasteiger partial charge in [0.15, 0.2) is 5.65 Å². The van der Waals surface area contributed by atoms with Crippen LogP contribution in [0, 0.1) is 0 Å². The van der Waals surface area contributed by atoms with E-state index in [-0.39, 0.29) is 11.8 Å². The summed E-state index contributed by atoms with van der Waals surface area (Å²) in [5, 5.41) is 14.5. The summed E-state index contributed by atoms with van der Waals surface area (Å²) in [5.74, 6) is 0.347. The van der Waals surface area contributed by atoms with Gasteiger partial charge < -0.3 is 5.11 Å². The van der Waals surface area contributed by atoms with Crippen LogP contribution in [-0.2, 0) is 0 Å². The molecule has 0 spiro atoms. The number of benzene rings is 2. The standard InChI is InChI=1S/C21H19N3OS/c1-14(2)19-12-20(25)24-21(23-19)18(13-22-24)15-8-10-17(11-9-15)26-16-6-4-3-5-7-16/h3-14,25H,1-2H3. The van der Waals surface area contributed by atoms with Crippen molar-refractivity contribution in [2.45, 2.75) is 29.6 Å². The molecule has 0 atom stereocenters. The largest absolute Gasteiger partial charge is 0.493 e. The minimum atomic E-state index is 0.112. The third-order valence-corrected chi connectivity index (χ3v) is 5.22. The third-order valence-electron chi connectivity index (χ3n) is 4.21. The molecule has 0 aliphatic heterocycles. The maximum absolute atomic E-state index is 10.2. The highest BCUT2D eigenvalue weighted by Crippen LogP contribution is 2.32. The zero-order valence-electron chi connectivity index (χ0n) is 14.6. The monoisotopic (exact) mass is 361 g/mol. The van der Waals surface area contributed by atoms with Crippen molar-refractivity contribution in [2.24, 2.45) is 0 Å². The topological polar surface area (TPSA) is 50.4 Å². The molecule has 0 amide bonds. The highest BCUT2D eigenvalue weighted by Gasteiger charge is 2.14. The molecule has 4 rings (SSSR count). The Morgan fingerprint density at radius 1 is 0.962 bits per heavy atom. The van der Waals surface area contributed by atoms with Gasteiger partial charge >= 0.3 is 0 Å². The molecule has 0 fully saturated rings. The van der Waals surface area contributed by atoms with Gasteiger partial charge in [0, 0.05) is 21.4 Å². The minimum absolute atomic E-state index is 0.112. The van der Waals surface area contributed by atoms with Crippen LogP contribution in [0.4, 0.5) is 0 Å². The van der Waals surface area contributed by atoms with Gasteiger partial charge in [-0.15, -0.1) is 0 Å². The van der Waals surface area contributed by atoms with Crippen molar-refractivity contribution in [3.8, 4) is 17.0 Å². The van der Waals surface area contributed by atoms with Gasteiger partial charge in [-0.3, -0.25) is 0 Å². The lowest BCUT2D eigenvalue weighted by Crippen LogP contribution is -1.98. The van der Waals surface area contributed by atoms with Gasteiger partial charge in [0.1, 0.15) is 0 Å². The van der Waals surface area contributed by atoms with E-state index in [4.69, 9.17) is 4.98 Å². The average molecular weight is 361 g/mol. The summed E-state index contributed by atoms with van der Waals surface area (Å²) >= 11 is 1.73. The third kappa shape index (κ3) is 3.18. The molecule has 0 saturated carbocycles. The molecule has 2 aromatic heterocycles. The van der Waals surface area contributed by atoms with Crippen LogP contribution in [0.5, 0.6) is 5.88 Å². The molecule has 4 aromatic rings. The van der Waals surface area contributed by atoms with Crippen LogP contribution in [0.15, 0.2) is 76.7 Å². The number of hydrogen-bond donors (Lipinski definition) is 1. The Hall–Kier alpha value is -2.79. The number of nitrogens with zero attached hydrogens (tertiary/aromatic N) is 3. The minimum Gasteiger partial charge on any atom is -0.493 e. The maximum atomic E-state index is 10.2. The molecular formula is C21H19N3OS. The lowest BCUT2D eigenvalue weighted by molar-refractivity contribution is 0.433. The summed E-state index contributed by atoms with van der Waals surface area (Å²) in [6.45, 7) is 4.12. The van der Waals surface area contributed by atoms with E-state index in [9.17, 15) is 5.11 Å². The Kier molecular flexibility index (Phi) is 4.39. The summed E-state index contributed by atoms with van der Waals surface area (Å²) in [4.78, 5) is 7.09. The molecule has 0 aliphatic carbocycles. The van der Waals surface area contributed by atoms with Crippen molar-refractivity contribution in [3.63, 3.8) is 0 Å². The van der Waals surface area contributed by atoms with Crippen LogP contribution in [0.25, 0.3) is 16.8 Å². The van der Waals surface area contributed by atoms with Crippen molar-refractivity contribution < 1.29 is 5.11 Å². The fourth-order valence-electron chi connectivity index (χ4n) is 2.79. The molecule has 1 N–H and O–H groups in total. The summed E-state index contributed by atoms with van der Waals surface area (Å²) in [5.41, 5.74) is 3.48. The fourth-order valence-corrected chi connectivity index (χ4v) is 3.63. The molecule has 26 heavy (non-hydrogen) atoms. The second-order valence-electron chi connectivity index (χ2n) is 6.43. The van der Waals surface area contributed by atoms with Crippen LogP contribution >= 0.6 is 11.8 Å². The Labute approximate surface area is 156 Å². The van der Waals surface area contributed by atoms with Crippen molar-refractivity contribution in [2.75, 3.05) is 0 Å². The van der Waals surface area contributed by atoms with E-state index in [2.05, 4.69) is 55.3 Å². The van der Waals surface area contributed by atoms with Crippen molar-refractivity contribution >= 4 is 17.4 Å². The quantitative estimate of drug-likeness (QED) is 0.530. The van der Waals surface area contributed by atoms with E-state index < -0.39 is 0 Å². The number of hydrogen-bond acceptors (Lipinski definition) is 4. The SMILES string of the molecule is CC(C)c1cc(O)n2ncc(-c3ccc(Sc4ccccc4)cc3)c2n1. The fraction of sp³-hybridized carbons (Fsp3) is 0.143. The van der Waals surface area contributed by atoms with Crippen molar-refractivity contribution in [1.29, 1.82) is 0 Å². The van der Waals surface area contributed by atoms with E-state index >= 15 is 0 Å². The van der Waals surface area contributed by atoms with Gasteiger partial charge in [-0.25, -0.2) is 4.98 Å². The second kappa shape index (κ2) is 6.84. The lowest BCUT2D eigenvalue weighted by Gasteiger charge is -2.08. The predicted octanol–water partition coefficient (Wildman–Crippen LogP) is 5.38. The van der Waals surface area contributed by atoms with Crippen LogP contribution in [0.1, 0.15) is 25.5 Å². The molecule has 2 aromatic carbocycles. The van der Waals surface area contributed by atoms with Gasteiger partial charge in [0.05, 0.1) is 11.9 Å². The molecule has 0 aliphatic rings. The van der Waals surface area contributed by atoms with Gasteiger partial charge in [-0.2, -0.15) is 9.61 Å². The summed E-state index contributed by atoms with van der Waals surface area (Å²) in [7, 11) is 0. The summed E-state index contributed by atoms with van der Waals surface area (Å²) in [6.07, 6.45) is 1.76. The number of aromatic hydroxyl groups is 1. The van der Waals surface area contributed by atoms with Crippen LogP contribution in [-0.4, -0.2) is 19.7 Å². The summed E-state index contributed by atoms with van der Waals surface area (Å²) in [6, 6.07) is 20.3. The molecule has 0 saturated heterocycles. The highest BCUT2D eigenvalue weighted by atomic mass is 32.2. The Morgan fingerprint density at radius 2 is 1.65 bits per heavy atom. The molecule has 4 nitrogen and oxygen atoms in total. The molecular weight excluding hydrogens is 342 g/mol. The normalized spacial score (nSPS) is 11.3. The Bertz CT molecular complexity index is 1040. The zero-order valence-corrected chi connectivity index (χ0v) is 15.4. The van der Waals surface area contributed by atoms with E-state index in [0.717, 1.165) is 16.8 Å². The number of rotatable bonds is 4. The maximum Gasteiger partial charge on any atom is 0.215 e. The molecule has 0 unspecified atom stereocenters. The first-order valence-corrected chi connectivity index (χ1v) is 9.34. The van der Waals surface area contributed by atoms with Crippen LogP contribution in [0.3, 0.4) is 0 Å². The second-order valence-corrected chi connectivity index (χ2v) is 7.57. The molecule has 5 heteroatoms. The average Bonchev–Trinajstić information content (AvgIpc) is 3.08. The summed E-state index contributed by atoms with van der Waals surface area (Å²) < 4.78 is 1.48. The van der Waals surface area contributed by atoms with Crippen LogP contribution in [0.2, 0.25) is 0 Å². The van der Waals surface area contributed by atoms with E-state index in [1.807, 2.05) is 18.2 Å². The first kappa shape index (κ1) is 16.7. The van der Waals surface area contributed by atoms with Gasteiger partial charge in [-0.1, -0.05) is 55.9 Å². The predicted molar refractivity (Wildman–Crippen MR) is 105 cm³/mol. The Balaban J connectivity index is 1.69. The van der Waals surface area contributed by atoms with Gasteiger partial charge in [0.2, 0.25) is 5.88 Å². The van der Waals surface area contributed by atoms with Gasteiger partial charge in [-0.05, 0) is 35.7 Å². The smallest absolute Gasteiger partial charge is 0.215 e. The highest BCUT2D eigenvalue weighted by molar-refractivity contribution is 7.99. The zero-order chi connectivity index (χ0) is 18.1. The molecule has 2 heterocycles. The number of fused-ring (bicyclic) bond motifs is 1. The van der Waals surface area contributed by atoms with Gasteiger partial charge in [0.25, 0.3) is 0 Å². The van der Waals surface area contributed by atoms with Crippen LogP contribution < -0.4 is 0 Å². The van der Waals surface area contributed by atoms with E-state index in [0.29, 0.717) is 5.65 Å². The van der Waals surface area contributed by atoms with E-state index in [1.54, 1.807) is 24.0 Å². The molecule has 0 radical (unpaired) electrons. The Morgan fingerprint density at radius 3 is 2.35 bits per heavy atom. The first-order valence-electron chi connectivity index (χ1n) is 8.53. The number of aromatic nitrogens is 3. The molecule has 130 valence electrons. The van der Waals surface area contributed by atoms with Crippen molar-refractivity contribution in [1.82, 2.24) is 14.6 Å². The first-order chi connectivity index (χ1) is 12.6. The van der Waals surface area contributed by atoms with Crippen molar-refractivity contribution in [3.05, 3.63) is 72.6 Å².